The number of nitriles is 1. The fourth-order valence-electron chi connectivity index (χ4n) is 5.42. The van der Waals surface area contributed by atoms with Gasteiger partial charge in [0.15, 0.2) is 5.69 Å². The fourth-order valence-corrected chi connectivity index (χ4v) is 5.42. The van der Waals surface area contributed by atoms with Gasteiger partial charge in [0.25, 0.3) is 0 Å². The topological polar surface area (TPSA) is 118 Å². The van der Waals surface area contributed by atoms with Gasteiger partial charge in [-0.2, -0.15) is 5.26 Å². The monoisotopic (exact) mass is 570 g/mol. The van der Waals surface area contributed by atoms with Crippen LogP contribution in [-0.4, -0.2) is 52.7 Å². The Morgan fingerprint density at radius 1 is 1.10 bits per heavy atom. The number of benzene rings is 2. The van der Waals surface area contributed by atoms with Gasteiger partial charge in [-0.05, 0) is 35.9 Å². The Morgan fingerprint density at radius 3 is 2.40 bits per heavy atom. The van der Waals surface area contributed by atoms with Gasteiger partial charge in [-0.1, -0.05) is 24.1 Å². The first kappa shape index (κ1) is 28.2. The number of rotatable bonds is 7. The second kappa shape index (κ2) is 11.6. The molecule has 12 heteroatoms. The first-order valence-corrected chi connectivity index (χ1v) is 12.9. The summed E-state index contributed by atoms with van der Waals surface area (Å²) in [5, 5.41) is 21.7. The molecular formula is C30H24F2N6O4. The van der Waals surface area contributed by atoms with E-state index >= 15 is 0 Å². The number of nitro groups is 1. The molecule has 42 heavy (non-hydrogen) atoms. The minimum atomic E-state index is -0.866. The number of ether oxygens (including phenoxy) is 1. The Balaban J connectivity index is 1.58. The van der Waals surface area contributed by atoms with Crippen LogP contribution in [-0.2, 0) is 6.54 Å². The van der Waals surface area contributed by atoms with Crippen molar-refractivity contribution in [2.24, 2.45) is 0 Å². The first-order chi connectivity index (χ1) is 20.3. The van der Waals surface area contributed by atoms with E-state index < -0.39 is 33.8 Å². The molecule has 0 bridgehead atoms. The molecule has 0 saturated carbocycles. The Bertz CT molecular complexity index is 1820. The van der Waals surface area contributed by atoms with E-state index in [1.54, 1.807) is 23.1 Å². The molecule has 1 aliphatic rings. The number of nitrogens with zero attached hydrogens (tertiary/aromatic N) is 6. The minimum absolute atomic E-state index is 0.0164. The van der Waals surface area contributed by atoms with Crippen LogP contribution in [0.4, 0.5) is 20.2 Å². The molecule has 1 atom stereocenters. The maximum atomic E-state index is 14.1. The van der Waals surface area contributed by atoms with Crippen molar-refractivity contribution in [1.29, 1.82) is 5.26 Å². The predicted molar refractivity (Wildman–Crippen MR) is 151 cm³/mol. The second-order valence-corrected chi connectivity index (χ2v) is 9.59. The Hall–Kier alpha value is -5.33. The van der Waals surface area contributed by atoms with Gasteiger partial charge in [0.2, 0.25) is 0 Å². The highest BCUT2D eigenvalue weighted by Crippen LogP contribution is 2.38. The molecule has 1 fully saturated rings. The highest BCUT2D eigenvalue weighted by Gasteiger charge is 2.35. The van der Waals surface area contributed by atoms with Crippen LogP contribution >= 0.6 is 0 Å². The third kappa shape index (κ3) is 5.11. The van der Waals surface area contributed by atoms with Crippen LogP contribution < -0.4 is 15.2 Å². The number of methoxy groups -OCH3 is 1. The van der Waals surface area contributed by atoms with Crippen molar-refractivity contribution in [3.63, 3.8) is 0 Å². The number of piperazine rings is 1. The number of fused-ring (bicyclic) bond motifs is 1. The highest BCUT2D eigenvalue weighted by molar-refractivity contribution is 5.94. The molecule has 1 aliphatic heterocycles. The van der Waals surface area contributed by atoms with Gasteiger partial charge in [0.1, 0.15) is 34.7 Å². The second-order valence-electron chi connectivity index (χ2n) is 9.59. The average Bonchev–Trinajstić information content (AvgIpc) is 3.00. The molecule has 0 spiro atoms. The molecule has 0 N–H and O–H groups in total. The van der Waals surface area contributed by atoms with Gasteiger partial charge in [0.05, 0.1) is 30.1 Å². The smallest absolute Gasteiger partial charge is 0.359 e. The van der Waals surface area contributed by atoms with Gasteiger partial charge < -0.3 is 9.64 Å². The molecule has 2 aromatic heterocycles. The van der Waals surface area contributed by atoms with E-state index in [-0.39, 0.29) is 42.0 Å². The van der Waals surface area contributed by atoms with Crippen LogP contribution in [0.1, 0.15) is 22.9 Å². The number of hydrogen-bond acceptors (Lipinski definition) is 8. The van der Waals surface area contributed by atoms with Crippen LogP contribution in [0.15, 0.2) is 59.4 Å². The van der Waals surface area contributed by atoms with Gasteiger partial charge in [-0.3, -0.25) is 24.4 Å². The van der Waals surface area contributed by atoms with E-state index in [1.807, 2.05) is 6.07 Å². The fraction of sp³-hybridized carbons (Fsp3) is 0.233. The van der Waals surface area contributed by atoms with Crippen molar-refractivity contribution in [3.05, 3.63) is 104 Å². The lowest BCUT2D eigenvalue weighted by Crippen LogP contribution is -2.48. The zero-order valence-corrected chi connectivity index (χ0v) is 22.5. The molecule has 4 aromatic rings. The Kier molecular flexibility index (Phi) is 7.82. The summed E-state index contributed by atoms with van der Waals surface area (Å²) in [7, 11) is 1.44. The molecule has 2 aromatic carbocycles. The SMILES string of the molecule is C#CCn1c(=O)c([N+](=O)[O-])c(N2CCN([C@@H](c3ccc(F)cc3)c3ccc(F)cc3OC)CC2)c2nc(C#N)ccc21. The van der Waals surface area contributed by atoms with Crippen molar-refractivity contribution < 1.29 is 18.4 Å². The summed E-state index contributed by atoms with van der Waals surface area (Å²) in [6.45, 7) is 0.984. The lowest BCUT2D eigenvalue weighted by atomic mass is 9.95. The summed E-state index contributed by atoms with van der Waals surface area (Å²) >= 11 is 0. The van der Waals surface area contributed by atoms with E-state index in [0.29, 0.717) is 24.4 Å². The van der Waals surface area contributed by atoms with E-state index in [1.165, 1.54) is 43.5 Å². The van der Waals surface area contributed by atoms with Crippen molar-refractivity contribution in [2.45, 2.75) is 12.6 Å². The normalized spacial score (nSPS) is 14.3. The summed E-state index contributed by atoms with van der Waals surface area (Å²) in [6.07, 6.45) is 5.44. The molecule has 0 unspecified atom stereocenters. The average molecular weight is 571 g/mol. The van der Waals surface area contributed by atoms with Crippen LogP contribution in [0.5, 0.6) is 5.75 Å². The standard InChI is InChI=1S/C30H24F2N6O4/c1-3-12-37-24-11-9-22(18-33)34-26(24)28(29(30(37)39)38(40)41)36-15-13-35(14-16-36)27(19-4-6-20(31)7-5-19)23-10-8-21(32)17-25(23)42-2/h1,4-11,17,27H,12-16H2,2H3/t27-/m0/s1. The van der Waals surface area contributed by atoms with Crippen molar-refractivity contribution in [1.82, 2.24) is 14.5 Å². The zero-order chi connectivity index (χ0) is 30.0. The van der Waals surface area contributed by atoms with Crippen LogP contribution in [0.3, 0.4) is 0 Å². The lowest BCUT2D eigenvalue weighted by Gasteiger charge is -2.40. The minimum Gasteiger partial charge on any atom is -0.496 e. The molecule has 212 valence electrons. The molecule has 1 saturated heterocycles. The lowest BCUT2D eigenvalue weighted by molar-refractivity contribution is -0.385. The van der Waals surface area contributed by atoms with Gasteiger partial charge >= 0.3 is 11.2 Å². The highest BCUT2D eigenvalue weighted by atomic mass is 19.1. The summed E-state index contributed by atoms with van der Waals surface area (Å²) in [6, 6.07) is 14.6. The van der Waals surface area contributed by atoms with E-state index in [0.717, 1.165) is 10.1 Å². The number of anilines is 1. The van der Waals surface area contributed by atoms with Gasteiger partial charge in [-0.25, -0.2) is 13.8 Å². The maximum Gasteiger partial charge on any atom is 0.359 e. The van der Waals surface area contributed by atoms with Crippen molar-refractivity contribution in [2.75, 3.05) is 38.2 Å². The molecule has 0 aliphatic carbocycles. The molecule has 5 rings (SSSR count). The Labute approximate surface area is 239 Å². The largest absolute Gasteiger partial charge is 0.496 e. The van der Waals surface area contributed by atoms with Crippen LogP contribution in [0.2, 0.25) is 0 Å². The third-order valence-electron chi connectivity index (χ3n) is 7.28. The molecule has 0 radical (unpaired) electrons. The number of aromatic nitrogens is 2. The molecule has 3 heterocycles. The predicted octanol–water partition coefficient (Wildman–Crippen LogP) is 4.01. The van der Waals surface area contributed by atoms with Gasteiger partial charge in [-0.15, -0.1) is 6.42 Å². The summed E-state index contributed by atoms with van der Waals surface area (Å²) in [4.78, 5) is 32.9. The number of terminal acetylenes is 1. The quantitative estimate of drug-likeness (QED) is 0.186. The number of pyridine rings is 2. The molecule has 10 nitrogen and oxygen atoms in total. The van der Waals surface area contributed by atoms with Crippen molar-refractivity contribution >= 4 is 22.4 Å². The summed E-state index contributed by atoms with van der Waals surface area (Å²) in [5.74, 6) is 1.79. The van der Waals surface area contributed by atoms with E-state index in [2.05, 4.69) is 15.8 Å². The number of hydrogen-bond donors (Lipinski definition) is 0. The van der Waals surface area contributed by atoms with Crippen LogP contribution in [0, 0.1) is 45.4 Å². The summed E-state index contributed by atoms with van der Waals surface area (Å²) < 4.78 is 34.5. The van der Waals surface area contributed by atoms with Gasteiger partial charge in [0, 0.05) is 37.8 Å². The number of halogens is 2. The van der Waals surface area contributed by atoms with E-state index in [9.17, 15) is 29.0 Å². The maximum absolute atomic E-state index is 14.1. The first-order valence-electron chi connectivity index (χ1n) is 12.9. The van der Waals surface area contributed by atoms with Crippen LogP contribution in [0.25, 0.3) is 11.0 Å². The third-order valence-corrected chi connectivity index (χ3v) is 7.28. The summed E-state index contributed by atoms with van der Waals surface area (Å²) in [5.41, 5.74) is 0.305. The molecular weight excluding hydrogens is 546 g/mol. The molecule has 0 amide bonds. The zero-order valence-electron chi connectivity index (χ0n) is 22.5. The van der Waals surface area contributed by atoms with Crippen molar-refractivity contribution in [3.8, 4) is 24.2 Å². The Morgan fingerprint density at radius 2 is 1.79 bits per heavy atom. The van der Waals surface area contributed by atoms with E-state index in [4.69, 9.17) is 11.2 Å².